The highest BCUT2D eigenvalue weighted by molar-refractivity contribution is 5.98. The molecule has 3 aromatic carbocycles. The molecule has 3 rings (SSSR count). The summed E-state index contributed by atoms with van der Waals surface area (Å²) in [5.74, 6) is -3.61. The van der Waals surface area contributed by atoms with E-state index in [0.717, 1.165) is 16.3 Å². The van der Waals surface area contributed by atoms with Crippen molar-refractivity contribution in [2.24, 2.45) is 11.5 Å². The Bertz CT molecular complexity index is 1390. The summed E-state index contributed by atoms with van der Waals surface area (Å²) in [6, 6.07) is 18.9. The number of carboxylic acid groups (broad SMARTS) is 1. The number of primary amides is 2. The Kier molecular flexibility index (Phi) is 10.8. The molecule has 0 radical (unpaired) electrons. The fourth-order valence-corrected chi connectivity index (χ4v) is 4.41. The van der Waals surface area contributed by atoms with Crippen molar-refractivity contribution in [1.82, 2.24) is 5.32 Å². The molecular formula is C30H33N3O7. The zero-order chi connectivity index (χ0) is 29.1. The average Bonchev–Trinajstić information content (AvgIpc) is 2.90. The van der Waals surface area contributed by atoms with Crippen molar-refractivity contribution in [2.75, 3.05) is 0 Å². The van der Waals surface area contributed by atoms with Crippen LogP contribution >= 0.6 is 0 Å². The molecular weight excluding hydrogens is 514 g/mol. The molecule has 40 heavy (non-hydrogen) atoms. The Hall–Kier alpha value is -4.73. The number of fused-ring (bicyclic) bond motifs is 1. The lowest BCUT2D eigenvalue weighted by Crippen LogP contribution is -2.44. The number of ether oxygens (including phenoxy) is 1. The maximum absolute atomic E-state index is 13.3. The van der Waals surface area contributed by atoms with Crippen molar-refractivity contribution < 1.29 is 33.8 Å². The van der Waals surface area contributed by atoms with Gasteiger partial charge in [0.1, 0.15) is 12.1 Å². The van der Waals surface area contributed by atoms with E-state index in [1.807, 2.05) is 42.5 Å². The molecule has 0 aromatic heterocycles. The topological polar surface area (TPSA) is 179 Å². The van der Waals surface area contributed by atoms with Crippen LogP contribution in [-0.2, 0) is 36.8 Å². The number of rotatable bonds is 15. The molecule has 6 N–H and O–H groups in total. The number of aryl methyl sites for hydroxylation is 1. The summed E-state index contributed by atoms with van der Waals surface area (Å²) < 4.78 is 5.68. The quantitative estimate of drug-likeness (QED) is 0.211. The summed E-state index contributed by atoms with van der Waals surface area (Å²) in [7, 11) is 0. The summed E-state index contributed by atoms with van der Waals surface area (Å²) in [5.41, 5.74) is 12.3. The van der Waals surface area contributed by atoms with Crippen LogP contribution in [0.1, 0.15) is 53.6 Å². The van der Waals surface area contributed by atoms with Gasteiger partial charge < -0.3 is 26.6 Å². The molecule has 3 amide bonds. The average molecular weight is 548 g/mol. The van der Waals surface area contributed by atoms with Crippen LogP contribution in [0.4, 0.5) is 0 Å². The van der Waals surface area contributed by atoms with Crippen molar-refractivity contribution in [3.05, 3.63) is 83.4 Å². The fourth-order valence-electron chi connectivity index (χ4n) is 4.41. The molecule has 0 aliphatic rings. The number of nitrogens with two attached hydrogens (primary N) is 2. The highest BCUT2D eigenvalue weighted by atomic mass is 16.5. The number of carbonyl (C=O) groups excluding carboxylic acids is 4. The van der Waals surface area contributed by atoms with E-state index in [1.54, 1.807) is 24.3 Å². The predicted molar refractivity (Wildman–Crippen MR) is 148 cm³/mol. The molecule has 10 heteroatoms. The predicted octanol–water partition coefficient (Wildman–Crippen LogP) is 2.64. The number of hydrogen-bond donors (Lipinski definition) is 4. The first-order chi connectivity index (χ1) is 19.1. The lowest BCUT2D eigenvalue weighted by atomic mass is 10.0. The van der Waals surface area contributed by atoms with E-state index < -0.39 is 41.8 Å². The Labute approximate surface area is 231 Å². The number of benzene rings is 3. The van der Waals surface area contributed by atoms with Gasteiger partial charge in [-0.05, 0) is 47.2 Å². The van der Waals surface area contributed by atoms with E-state index in [0.29, 0.717) is 5.56 Å². The van der Waals surface area contributed by atoms with Crippen LogP contribution in [-0.4, -0.2) is 46.9 Å². The Morgan fingerprint density at radius 2 is 1.55 bits per heavy atom. The van der Waals surface area contributed by atoms with Crippen molar-refractivity contribution in [2.45, 2.75) is 57.1 Å². The molecule has 10 nitrogen and oxygen atoms in total. The van der Waals surface area contributed by atoms with Crippen LogP contribution in [0.3, 0.4) is 0 Å². The second-order valence-electron chi connectivity index (χ2n) is 9.55. The number of aliphatic carboxylic acids is 1. The number of nitrogens with one attached hydrogen (secondary N) is 1. The summed E-state index contributed by atoms with van der Waals surface area (Å²) >= 11 is 0. The van der Waals surface area contributed by atoms with Gasteiger partial charge in [0, 0.05) is 24.8 Å². The highest BCUT2D eigenvalue weighted by Gasteiger charge is 2.27. The molecule has 0 unspecified atom stereocenters. The van der Waals surface area contributed by atoms with E-state index in [4.69, 9.17) is 21.3 Å². The van der Waals surface area contributed by atoms with Crippen LogP contribution in [0.15, 0.2) is 66.7 Å². The standard InChI is InChI=1S/C30H33N3O7/c31-26(34)15-14-21-7-3-4-9-24(21)29(38)33-25(10-5-11-28(36)37)30(39)40-23(18-27(32)35)17-19-12-13-20-6-1-2-8-22(20)16-19/h1-4,6-9,12-13,16,23,25H,5,10-11,14-15,17-18H2,(H2,31,34)(H2,32,35)(H,33,38)(H,36,37)/t23-,25-/m0/s1. The number of amides is 3. The van der Waals surface area contributed by atoms with Gasteiger partial charge in [-0.3, -0.25) is 19.2 Å². The first kappa shape index (κ1) is 29.8. The van der Waals surface area contributed by atoms with Gasteiger partial charge in [0.05, 0.1) is 6.42 Å². The first-order valence-electron chi connectivity index (χ1n) is 13.0. The lowest BCUT2D eigenvalue weighted by molar-refractivity contribution is -0.153. The SMILES string of the molecule is NC(=O)CCc1ccccc1C(=O)N[C@@H](CCCC(=O)O)C(=O)O[C@H](CC(N)=O)Cc1ccc2ccccc2c1. The molecule has 0 aliphatic carbocycles. The van der Waals surface area contributed by atoms with Gasteiger partial charge in [-0.1, -0.05) is 60.7 Å². The van der Waals surface area contributed by atoms with Crippen molar-refractivity contribution in [1.29, 1.82) is 0 Å². The lowest BCUT2D eigenvalue weighted by Gasteiger charge is -2.23. The highest BCUT2D eigenvalue weighted by Crippen LogP contribution is 2.19. The third kappa shape index (κ3) is 9.23. The molecule has 0 fully saturated rings. The minimum Gasteiger partial charge on any atom is -0.481 e. The second kappa shape index (κ2) is 14.4. The van der Waals surface area contributed by atoms with E-state index in [1.165, 1.54) is 0 Å². The molecule has 0 spiro atoms. The van der Waals surface area contributed by atoms with E-state index in [-0.39, 0.29) is 50.5 Å². The van der Waals surface area contributed by atoms with Gasteiger partial charge in [-0.25, -0.2) is 4.79 Å². The zero-order valence-electron chi connectivity index (χ0n) is 22.0. The van der Waals surface area contributed by atoms with Crippen molar-refractivity contribution in [3.8, 4) is 0 Å². The molecule has 0 saturated carbocycles. The van der Waals surface area contributed by atoms with Crippen molar-refractivity contribution in [3.63, 3.8) is 0 Å². The monoisotopic (exact) mass is 547 g/mol. The molecule has 210 valence electrons. The maximum atomic E-state index is 13.3. The van der Waals surface area contributed by atoms with Crippen LogP contribution in [0.5, 0.6) is 0 Å². The van der Waals surface area contributed by atoms with Gasteiger partial charge in [0.15, 0.2) is 0 Å². The number of carboxylic acids is 1. The molecule has 3 aromatic rings. The summed E-state index contributed by atoms with van der Waals surface area (Å²) in [6.45, 7) is 0. The fraction of sp³-hybridized carbons (Fsp3) is 0.300. The van der Waals surface area contributed by atoms with Gasteiger partial charge >= 0.3 is 11.9 Å². The third-order valence-corrected chi connectivity index (χ3v) is 6.36. The van der Waals surface area contributed by atoms with Gasteiger partial charge in [-0.15, -0.1) is 0 Å². The smallest absolute Gasteiger partial charge is 0.328 e. The number of carbonyl (C=O) groups is 5. The van der Waals surface area contributed by atoms with E-state index in [9.17, 15) is 24.0 Å². The van der Waals surface area contributed by atoms with E-state index in [2.05, 4.69) is 5.32 Å². The minimum absolute atomic E-state index is 0.000405. The Morgan fingerprint density at radius 3 is 2.25 bits per heavy atom. The van der Waals surface area contributed by atoms with Gasteiger partial charge in [-0.2, -0.15) is 0 Å². The largest absolute Gasteiger partial charge is 0.481 e. The maximum Gasteiger partial charge on any atom is 0.328 e. The van der Waals surface area contributed by atoms with Crippen molar-refractivity contribution >= 4 is 40.4 Å². The molecule has 0 heterocycles. The van der Waals surface area contributed by atoms with Crippen LogP contribution in [0.25, 0.3) is 10.8 Å². The normalized spacial score (nSPS) is 12.3. The molecule has 0 saturated heterocycles. The zero-order valence-corrected chi connectivity index (χ0v) is 22.0. The van der Waals surface area contributed by atoms with Crippen LogP contribution < -0.4 is 16.8 Å². The molecule has 0 aliphatic heterocycles. The number of hydrogen-bond acceptors (Lipinski definition) is 6. The summed E-state index contributed by atoms with van der Waals surface area (Å²) in [6.07, 6.45) is -0.750. The van der Waals surface area contributed by atoms with E-state index >= 15 is 0 Å². The summed E-state index contributed by atoms with van der Waals surface area (Å²) in [5, 5.41) is 13.7. The van der Waals surface area contributed by atoms with Crippen LogP contribution in [0.2, 0.25) is 0 Å². The number of esters is 1. The van der Waals surface area contributed by atoms with Crippen LogP contribution in [0, 0.1) is 0 Å². The minimum atomic E-state index is -1.18. The third-order valence-electron chi connectivity index (χ3n) is 6.36. The Balaban J connectivity index is 1.78. The van der Waals surface area contributed by atoms with Gasteiger partial charge in [0.25, 0.3) is 5.91 Å². The second-order valence-corrected chi connectivity index (χ2v) is 9.55. The first-order valence-corrected chi connectivity index (χ1v) is 13.0. The molecule has 0 bridgehead atoms. The van der Waals surface area contributed by atoms with Gasteiger partial charge in [0.2, 0.25) is 11.8 Å². The molecule has 2 atom stereocenters. The summed E-state index contributed by atoms with van der Waals surface area (Å²) in [4.78, 5) is 60.6. The Morgan fingerprint density at radius 1 is 0.850 bits per heavy atom.